The molecule has 8 nitrogen and oxygen atoms in total. The molecule has 3 aliphatic rings. The number of fused-ring (bicyclic) bond motifs is 6. The fourth-order valence-corrected chi connectivity index (χ4v) is 4.60. The van der Waals surface area contributed by atoms with Gasteiger partial charge in [-0.25, -0.2) is 0 Å². The monoisotopic (exact) mass is 428 g/mol. The van der Waals surface area contributed by atoms with Gasteiger partial charge in [0, 0.05) is 11.6 Å². The lowest BCUT2D eigenvalue weighted by molar-refractivity contribution is -0.113. The van der Waals surface area contributed by atoms with E-state index >= 15 is 0 Å². The van der Waals surface area contributed by atoms with Crippen LogP contribution in [0.1, 0.15) is 47.4 Å². The van der Waals surface area contributed by atoms with Gasteiger partial charge in [0.15, 0.2) is 17.3 Å². The molecular formula is C23H24O8. The van der Waals surface area contributed by atoms with Crippen LogP contribution in [0.25, 0.3) is 0 Å². The Morgan fingerprint density at radius 1 is 1.06 bits per heavy atom. The molecule has 0 aromatic heterocycles. The summed E-state index contributed by atoms with van der Waals surface area (Å²) in [5, 5.41) is 21.3. The van der Waals surface area contributed by atoms with Crippen LogP contribution >= 0.6 is 0 Å². The largest absolute Gasteiger partial charge is 0.493 e. The third kappa shape index (κ3) is 2.78. The van der Waals surface area contributed by atoms with Crippen molar-refractivity contribution in [3.05, 3.63) is 41.0 Å². The number of hydrogen-bond donors (Lipinski definition) is 2. The molecule has 0 aliphatic carbocycles. The maximum absolute atomic E-state index is 13.6. The first-order valence-electron chi connectivity index (χ1n) is 10.1. The van der Waals surface area contributed by atoms with Crippen LogP contribution in [0.15, 0.2) is 24.3 Å². The molecule has 4 atom stereocenters. The summed E-state index contributed by atoms with van der Waals surface area (Å²) in [7, 11) is 3.06. The van der Waals surface area contributed by atoms with E-state index in [2.05, 4.69) is 0 Å². The number of Topliss-reactive ketones (excluding diaryl/α,β-unsaturated/α-hetero) is 1. The number of ketones is 1. The van der Waals surface area contributed by atoms with Crippen LogP contribution in [0.5, 0.6) is 28.7 Å². The SMILES string of the molecule is COc1cc2c(cc1OC)[C@@H]1C(=O)c3ccc4c(c3O[C@@H]1CO2)[C@@H](O)[C@H](O)C(C)(C)O4. The molecule has 31 heavy (non-hydrogen) atoms. The van der Waals surface area contributed by atoms with Crippen molar-refractivity contribution in [1.29, 1.82) is 0 Å². The Labute approximate surface area is 179 Å². The molecular weight excluding hydrogens is 404 g/mol. The van der Waals surface area contributed by atoms with Crippen molar-refractivity contribution in [2.45, 2.75) is 43.7 Å². The smallest absolute Gasteiger partial charge is 0.178 e. The predicted octanol–water partition coefficient (Wildman–Crippen LogP) is 2.39. The minimum Gasteiger partial charge on any atom is -0.493 e. The molecule has 0 saturated carbocycles. The van der Waals surface area contributed by atoms with Crippen LogP contribution in [0.3, 0.4) is 0 Å². The summed E-state index contributed by atoms with van der Waals surface area (Å²) in [6.45, 7) is 3.53. The minimum absolute atomic E-state index is 0.146. The topological polar surface area (TPSA) is 104 Å². The van der Waals surface area contributed by atoms with E-state index in [1.54, 1.807) is 38.1 Å². The van der Waals surface area contributed by atoms with E-state index in [-0.39, 0.29) is 23.7 Å². The Balaban J connectivity index is 1.62. The predicted molar refractivity (Wildman–Crippen MR) is 109 cm³/mol. The normalized spacial score (nSPS) is 27.4. The van der Waals surface area contributed by atoms with Crippen LogP contribution in [0, 0.1) is 0 Å². The van der Waals surface area contributed by atoms with Gasteiger partial charge in [0.1, 0.15) is 47.8 Å². The van der Waals surface area contributed by atoms with Gasteiger partial charge in [-0.15, -0.1) is 0 Å². The third-order valence-corrected chi connectivity index (χ3v) is 6.28. The zero-order chi connectivity index (χ0) is 22.1. The first-order chi connectivity index (χ1) is 14.8. The summed E-state index contributed by atoms with van der Waals surface area (Å²) < 4.78 is 28.7. The molecule has 0 radical (unpaired) electrons. The van der Waals surface area contributed by atoms with Crippen molar-refractivity contribution in [2.24, 2.45) is 0 Å². The Morgan fingerprint density at radius 3 is 2.48 bits per heavy atom. The number of aliphatic hydroxyl groups excluding tert-OH is 2. The van der Waals surface area contributed by atoms with Crippen LogP contribution in [-0.2, 0) is 0 Å². The number of rotatable bonds is 2. The lowest BCUT2D eigenvalue weighted by atomic mass is 9.79. The van der Waals surface area contributed by atoms with Gasteiger partial charge in [0.25, 0.3) is 0 Å². The van der Waals surface area contributed by atoms with E-state index < -0.39 is 29.8 Å². The van der Waals surface area contributed by atoms with Gasteiger partial charge in [0.2, 0.25) is 0 Å². The van der Waals surface area contributed by atoms with Crippen LogP contribution < -0.4 is 23.7 Å². The Hall–Kier alpha value is -2.97. The average Bonchev–Trinajstić information content (AvgIpc) is 2.75. The lowest BCUT2D eigenvalue weighted by Crippen LogP contribution is -2.49. The van der Waals surface area contributed by atoms with Gasteiger partial charge >= 0.3 is 0 Å². The number of benzene rings is 2. The average molecular weight is 428 g/mol. The zero-order valence-corrected chi connectivity index (χ0v) is 17.7. The molecule has 8 heteroatoms. The molecule has 0 saturated heterocycles. The number of hydrogen-bond acceptors (Lipinski definition) is 8. The van der Waals surface area contributed by atoms with E-state index in [1.165, 1.54) is 14.2 Å². The molecule has 0 amide bonds. The number of methoxy groups -OCH3 is 2. The fraction of sp³-hybridized carbons (Fsp3) is 0.435. The first-order valence-corrected chi connectivity index (χ1v) is 10.1. The number of carbonyl (C=O) groups excluding carboxylic acids is 1. The molecule has 0 unspecified atom stereocenters. The molecule has 3 heterocycles. The molecule has 0 bridgehead atoms. The quantitative estimate of drug-likeness (QED) is 0.752. The second-order valence-electron chi connectivity index (χ2n) is 8.50. The summed E-state index contributed by atoms with van der Waals surface area (Å²) in [6, 6.07) is 6.72. The van der Waals surface area contributed by atoms with Gasteiger partial charge < -0.3 is 33.9 Å². The van der Waals surface area contributed by atoms with E-state index in [0.29, 0.717) is 34.1 Å². The highest BCUT2D eigenvalue weighted by molar-refractivity contribution is 6.06. The second-order valence-corrected chi connectivity index (χ2v) is 8.50. The van der Waals surface area contributed by atoms with Crippen molar-refractivity contribution in [3.8, 4) is 28.7 Å². The van der Waals surface area contributed by atoms with E-state index in [0.717, 1.165) is 0 Å². The maximum Gasteiger partial charge on any atom is 0.178 e. The molecule has 2 N–H and O–H groups in total. The summed E-state index contributed by atoms with van der Waals surface area (Å²) in [4.78, 5) is 13.6. The van der Waals surface area contributed by atoms with Gasteiger partial charge in [-0.2, -0.15) is 0 Å². The highest BCUT2D eigenvalue weighted by Gasteiger charge is 2.49. The van der Waals surface area contributed by atoms with Crippen molar-refractivity contribution in [3.63, 3.8) is 0 Å². The molecule has 0 fully saturated rings. The van der Waals surface area contributed by atoms with Crippen LogP contribution in [-0.4, -0.2) is 54.6 Å². The second kappa shape index (κ2) is 6.77. The summed E-state index contributed by atoms with van der Waals surface area (Å²) in [5.41, 5.74) is 0.288. The van der Waals surface area contributed by atoms with Gasteiger partial charge in [-0.3, -0.25) is 4.79 Å². The number of carbonyl (C=O) groups is 1. The maximum atomic E-state index is 13.6. The van der Waals surface area contributed by atoms with Gasteiger partial charge in [-0.1, -0.05) is 0 Å². The molecule has 2 aromatic rings. The summed E-state index contributed by atoms with van der Waals surface area (Å²) in [5.74, 6) is 1.40. The standard InChI is InChI=1S/C23H24O8/c1-23(2)22(26)20(25)18-12(31-23)6-5-10-19(24)17-11-7-14(27-3)15(28-4)8-13(11)29-9-16(17)30-21(10)18/h5-8,16-17,20,22,25-26H,9H2,1-4H3/t16-,17+,20-,22+/m1/s1. The van der Waals surface area contributed by atoms with Crippen molar-refractivity contribution in [2.75, 3.05) is 20.8 Å². The third-order valence-electron chi connectivity index (χ3n) is 6.28. The van der Waals surface area contributed by atoms with Crippen molar-refractivity contribution in [1.82, 2.24) is 0 Å². The van der Waals surface area contributed by atoms with E-state index in [9.17, 15) is 15.0 Å². The molecule has 2 aromatic carbocycles. The molecule has 3 aliphatic heterocycles. The summed E-state index contributed by atoms with van der Waals surface area (Å²) in [6.07, 6.45) is -3.03. The lowest BCUT2D eigenvalue weighted by Gasteiger charge is -2.43. The fourth-order valence-electron chi connectivity index (χ4n) is 4.60. The molecule has 5 rings (SSSR count). The van der Waals surface area contributed by atoms with Gasteiger partial charge in [0.05, 0.1) is 31.3 Å². The number of aliphatic hydroxyl groups is 2. The highest BCUT2D eigenvalue weighted by atomic mass is 16.5. The zero-order valence-electron chi connectivity index (χ0n) is 17.7. The van der Waals surface area contributed by atoms with Crippen LogP contribution in [0.2, 0.25) is 0 Å². The van der Waals surface area contributed by atoms with Crippen molar-refractivity contribution >= 4 is 5.78 Å². The molecule has 0 spiro atoms. The van der Waals surface area contributed by atoms with Crippen molar-refractivity contribution < 1.29 is 38.7 Å². The Kier molecular flexibility index (Phi) is 4.36. The number of ether oxygens (including phenoxy) is 5. The minimum atomic E-state index is -1.25. The Morgan fingerprint density at radius 2 is 1.77 bits per heavy atom. The summed E-state index contributed by atoms with van der Waals surface area (Å²) >= 11 is 0. The van der Waals surface area contributed by atoms with E-state index in [1.807, 2.05) is 0 Å². The molecule has 164 valence electrons. The van der Waals surface area contributed by atoms with Crippen LogP contribution in [0.4, 0.5) is 0 Å². The van der Waals surface area contributed by atoms with Gasteiger partial charge in [-0.05, 0) is 32.0 Å². The first kappa shape index (κ1) is 20.0. The highest BCUT2D eigenvalue weighted by Crippen LogP contribution is 2.52. The van der Waals surface area contributed by atoms with E-state index in [4.69, 9.17) is 23.7 Å². The Bertz CT molecular complexity index is 1080.